The molecule has 1 aliphatic rings. The Labute approximate surface area is 151 Å². The van der Waals surface area contributed by atoms with E-state index in [4.69, 9.17) is 26.1 Å². The predicted octanol–water partition coefficient (Wildman–Crippen LogP) is 2.45. The highest BCUT2D eigenvalue weighted by Gasteiger charge is 2.14. The van der Waals surface area contributed by atoms with E-state index < -0.39 is 0 Å². The molecule has 0 amide bonds. The van der Waals surface area contributed by atoms with Crippen LogP contribution in [0, 0.1) is 0 Å². The summed E-state index contributed by atoms with van der Waals surface area (Å²) in [6.07, 6.45) is 1.58. The van der Waals surface area contributed by atoms with E-state index in [1.54, 1.807) is 13.3 Å². The summed E-state index contributed by atoms with van der Waals surface area (Å²) < 4.78 is 16.4. The maximum Gasteiger partial charge on any atom is 0.196 e. The van der Waals surface area contributed by atoms with E-state index in [9.17, 15) is 0 Å². The summed E-state index contributed by atoms with van der Waals surface area (Å²) in [6.45, 7) is 3.09. The molecule has 2 heterocycles. The number of nitrogens with one attached hydrogen (secondary N) is 2. The second kappa shape index (κ2) is 8.50. The van der Waals surface area contributed by atoms with Gasteiger partial charge in [0, 0.05) is 19.2 Å². The van der Waals surface area contributed by atoms with Crippen LogP contribution in [0.15, 0.2) is 45.9 Å². The molecule has 7 nitrogen and oxygen atoms in total. The van der Waals surface area contributed by atoms with Crippen LogP contribution >= 0.6 is 12.2 Å². The van der Waals surface area contributed by atoms with Crippen molar-refractivity contribution in [2.24, 2.45) is 5.10 Å². The molecule has 2 aromatic rings. The normalized spacial score (nSPS) is 14.5. The predicted molar refractivity (Wildman–Crippen MR) is 102 cm³/mol. The zero-order valence-corrected chi connectivity index (χ0v) is 14.7. The van der Waals surface area contributed by atoms with Crippen molar-refractivity contribution in [3.05, 3.63) is 42.2 Å². The van der Waals surface area contributed by atoms with Gasteiger partial charge in [0.2, 0.25) is 0 Å². The van der Waals surface area contributed by atoms with Crippen molar-refractivity contribution in [2.75, 3.05) is 43.6 Å². The average molecular weight is 360 g/mol. The Hall–Kier alpha value is -2.58. The molecule has 2 N–H and O–H groups in total. The van der Waals surface area contributed by atoms with Gasteiger partial charge in [-0.25, -0.2) is 0 Å². The lowest BCUT2D eigenvalue weighted by atomic mass is 10.3. The number of nitrogens with zero attached hydrogens (tertiary/aromatic N) is 2. The minimum absolute atomic E-state index is 0.362. The van der Waals surface area contributed by atoms with E-state index in [-0.39, 0.29) is 0 Å². The molecule has 1 fully saturated rings. The molecule has 0 saturated carbocycles. The van der Waals surface area contributed by atoms with Crippen LogP contribution < -0.4 is 20.4 Å². The summed E-state index contributed by atoms with van der Waals surface area (Å²) >= 11 is 5.22. The molecule has 132 valence electrons. The summed E-state index contributed by atoms with van der Waals surface area (Å²) in [7, 11) is 1.61. The number of anilines is 2. The molecule has 0 aliphatic carbocycles. The molecule has 0 spiro atoms. The lowest BCUT2D eigenvalue weighted by Crippen LogP contribution is -2.35. The number of morpholine rings is 1. The molecule has 0 atom stereocenters. The number of para-hydroxylation sites is 2. The fraction of sp³-hybridized carbons (Fsp3) is 0.294. The van der Waals surface area contributed by atoms with Crippen LogP contribution in [0.5, 0.6) is 5.75 Å². The molecular formula is C17H20N4O3S. The number of hydrogen-bond donors (Lipinski definition) is 2. The molecule has 3 rings (SSSR count). The highest BCUT2D eigenvalue weighted by atomic mass is 32.1. The minimum Gasteiger partial charge on any atom is -0.495 e. The maximum absolute atomic E-state index is 5.76. The fourth-order valence-corrected chi connectivity index (χ4v) is 2.58. The van der Waals surface area contributed by atoms with E-state index in [1.165, 1.54) is 0 Å². The highest BCUT2D eigenvalue weighted by molar-refractivity contribution is 7.80. The topological polar surface area (TPSA) is 71.3 Å². The molecule has 1 aromatic carbocycles. The number of hydrazone groups is 1. The first kappa shape index (κ1) is 17.2. The summed E-state index contributed by atoms with van der Waals surface area (Å²) in [5.74, 6) is 2.17. The number of rotatable bonds is 5. The molecule has 0 radical (unpaired) electrons. The monoisotopic (exact) mass is 360 g/mol. The number of thiocarbonyl (C=S) groups is 1. The van der Waals surface area contributed by atoms with Crippen molar-refractivity contribution in [2.45, 2.75) is 0 Å². The van der Waals surface area contributed by atoms with Crippen LogP contribution in [0.25, 0.3) is 0 Å². The Bertz CT molecular complexity index is 741. The number of hydrogen-bond acceptors (Lipinski definition) is 6. The van der Waals surface area contributed by atoms with Crippen molar-refractivity contribution < 1.29 is 13.9 Å². The first-order chi connectivity index (χ1) is 12.3. The number of ether oxygens (including phenoxy) is 2. The summed E-state index contributed by atoms with van der Waals surface area (Å²) in [5.41, 5.74) is 3.53. The van der Waals surface area contributed by atoms with Crippen LogP contribution in [0.2, 0.25) is 0 Å². The van der Waals surface area contributed by atoms with Gasteiger partial charge in [-0.2, -0.15) is 5.10 Å². The Kier molecular flexibility index (Phi) is 5.86. The van der Waals surface area contributed by atoms with E-state index >= 15 is 0 Å². The van der Waals surface area contributed by atoms with Crippen LogP contribution in [-0.2, 0) is 4.74 Å². The molecule has 0 bridgehead atoms. The average Bonchev–Trinajstić information content (AvgIpc) is 3.12. The Morgan fingerprint density at radius 2 is 2.04 bits per heavy atom. The molecule has 8 heteroatoms. The first-order valence-electron chi connectivity index (χ1n) is 7.92. The second-order valence-corrected chi connectivity index (χ2v) is 5.71. The molecule has 25 heavy (non-hydrogen) atoms. The smallest absolute Gasteiger partial charge is 0.196 e. The van der Waals surface area contributed by atoms with Gasteiger partial charge >= 0.3 is 0 Å². The van der Waals surface area contributed by atoms with Gasteiger partial charge in [-0.1, -0.05) is 12.1 Å². The third kappa shape index (κ3) is 4.71. The summed E-state index contributed by atoms with van der Waals surface area (Å²) in [5, 5.41) is 7.49. The Morgan fingerprint density at radius 3 is 2.84 bits per heavy atom. The third-order valence-electron chi connectivity index (χ3n) is 3.65. The lowest BCUT2D eigenvalue weighted by Gasteiger charge is -2.26. The van der Waals surface area contributed by atoms with Crippen LogP contribution in [0.1, 0.15) is 5.76 Å². The van der Waals surface area contributed by atoms with Crippen molar-refractivity contribution in [1.29, 1.82) is 0 Å². The van der Waals surface area contributed by atoms with E-state index in [2.05, 4.69) is 20.7 Å². The molecule has 1 aliphatic heterocycles. The standard InChI is InChI=1S/C17H20N4O3S/c1-22-15-5-3-2-4-14(15)19-17(25)20-18-12-13-6-7-16(24-13)21-8-10-23-11-9-21/h2-7,12H,8-11H2,1H3,(H2,19,20,25). The van der Waals surface area contributed by atoms with Gasteiger partial charge in [0.15, 0.2) is 11.0 Å². The van der Waals surface area contributed by atoms with Crippen molar-refractivity contribution >= 4 is 35.1 Å². The minimum atomic E-state index is 0.362. The molecule has 0 unspecified atom stereocenters. The number of furan rings is 1. The van der Waals surface area contributed by atoms with Gasteiger partial charge in [-0.15, -0.1) is 0 Å². The fourth-order valence-electron chi connectivity index (χ4n) is 2.42. The van der Waals surface area contributed by atoms with Gasteiger partial charge in [-0.3, -0.25) is 5.43 Å². The second-order valence-electron chi connectivity index (χ2n) is 5.30. The third-order valence-corrected chi connectivity index (χ3v) is 3.84. The van der Waals surface area contributed by atoms with Gasteiger partial charge in [0.25, 0.3) is 0 Å². The van der Waals surface area contributed by atoms with E-state index in [1.807, 2.05) is 36.4 Å². The van der Waals surface area contributed by atoms with Gasteiger partial charge in [-0.05, 0) is 30.4 Å². The first-order valence-corrected chi connectivity index (χ1v) is 8.32. The van der Waals surface area contributed by atoms with Crippen molar-refractivity contribution in [1.82, 2.24) is 5.43 Å². The summed E-state index contributed by atoms with van der Waals surface area (Å²) in [6, 6.07) is 11.3. The van der Waals surface area contributed by atoms with Gasteiger partial charge < -0.3 is 24.1 Å². The van der Waals surface area contributed by atoms with Crippen molar-refractivity contribution in [3.8, 4) is 5.75 Å². The van der Waals surface area contributed by atoms with E-state index in [0.29, 0.717) is 29.8 Å². The largest absolute Gasteiger partial charge is 0.495 e. The van der Waals surface area contributed by atoms with Crippen LogP contribution in [-0.4, -0.2) is 44.7 Å². The Balaban J connectivity index is 1.52. The Morgan fingerprint density at radius 1 is 1.24 bits per heavy atom. The quantitative estimate of drug-likeness (QED) is 0.482. The molecule has 1 aromatic heterocycles. The van der Waals surface area contributed by atoms with Crippen LogP contribution in [0.3, 0.4) is 0 Å². The van der Waals surface area contributed by atoms with E-state index in [0.717, 1.165) is 24.7 Å². The zero-order chi connectivity index (χ0) is 17.5. The molecular weight excluding hydrogens is 340 g/mol. The highest BCUT2D eigenvalue weighted by Crippen LogP contribution is 2.22. The number of methoxy groups -OCH3 is 1. The maximum atomic E-state index is 5.76. The van der Waals surface area contributed by atoms with Crippen LogP contribution in [0.4, 0.5) is 11.6 Å². The lowest BCUT2D eigenvalue weighted by molar-refractivity contribution is 0.120. The molecule has 1 saturated heterocycles. The number of benzene rings is 1. The summed E-state index contributed by atoms with van der Waals surface area (Å²) in [4.78, 5) is 2.14. The zero-order valence-electron chi connectivity index (χ0n) is 13.9. The van der Waals surface area contributed by atoms with Gasteiger partial charge in [0.05, 0.1) is 32.2 Å². The van der Waals surface area contributed by atoms with Gasteiger partial charge in [0.1, 0.15) is 11.5 Å². The SMILES string of the molecule is COc1ccccc1NC(=S)NN=Cc1ccc(N2CCOCC2)o1. The van der Waals surface area contributed by atoms with Crippen molar-refractivity contribution in [3.63, 3.8) is 0 Å².